The van der Waals surface area contributed by atoms with E-state index in [9.17, 15) is 8.42 Å². The first-order valence-corrected chi connectivity index (χ1v) is 7.49. The van der Waals surface area contributed by atoms with Gasteiger partial charge >= 0.3 is 0 Å². The summed E-state index contributed by atoms with van der Waals surface area (Å²) in [6.45, 7) is 2.24. The van der Waals surface area contributed by atoms with E-state index in [-0.39, 0.29) is 0 Å². The second-order valence-electron chi connectivity index (χ2n) is 4.17. The standard InChI is InChI=1S/C10H17N5O2S/c1-18(16,17)15-7-5-14(6-8-15)10-4-2-3-9(12-10)13-11/h2-4H,5-8,11H2,1H3,(H,12,13). The normalized spacial score (nSPS) is 17.8. The molecule has 8 heteroatoms. The zero-order valence-corrected chi connectivity index (χ0v) is 11.0. The number of pyridine rings is 1. The maximum atomic E-state index is 11.4. The maximum Gasteiger partial charge on any atom is 0.211 e. The Bertz CT molecular complexity index is 511. The number of hydrogen-bond acceptors (Lipinski definition) is 6. The van der Waals surface area contributed by atoms with E-state index in [0.29, 0.717) is 32.0 Å². The van der Waals surface area contributed by atoms with Crippen molar-refractivity contribution < 1.29 is 8.42 Å². The average Bonchev–Trinajstić information content (AvgIpc) is 2.38. The van der Waals surface area contributed by atoms with E-state index in [0.717, 1.165) is 5.82 Å². The molecule has 1 aromatic heterocycles. The molecule has 0 radical (unpaired) electrons. The van der Waals surface area contributed by atoms with E-state index in [1.54, 1.807) is 6.07 Å². The zero-order valence-electron chi connectivity index (χ0n) is 10.2. The minimum absolute atomic E-state index is 0.487. The number of sulfonamides is 1. The molecule has 18 heavy (non-hydrogen) atoms. The van der Waals surface area contributed by atoms with Gasteiger partial charge in [0.2, 0.25) is 10.0 Å². The van der Waals surface area contributed by atoms with Crippen LogP contribution in [0.5, 0.6) is 0 Å². The van der Waals surface area contributed by atoms with Gasteiger partial charge in [-0.05, 0) is 12.1 Å². The quantitative estimate of drug-likeness (QED) is 0.566. The average molecular weight is 271 g/mol. The molecule has 0 saturated carbocycles. The van der Waals surface area contributed by atoms with Crippen molar-refractivity contribution in [1.29, 1.82) is 0 Å². The van der Waals surface area contributed by atoms with Crippen LogP contribution in [0.3, 0.4) is 0 Å². The van der Waals surface area contributed by atoms with E-state index >= 15 is 0 Å². The van der Waals surface area contributed by atoms with Gasteiger partial charge < -0.3 is 10.3 Å². The van der Waals surface area contributed by atoms with Crippen LogP contribution in [-0.2, 0) is 10.0 Å². The minimum Gasteiger partial charge on any atom is -0.354 e. The fourth-order valence-electron chi connectivity index (χ4n) is 1.93. The summed E-state index contributed by atoms with van der Waals surface area (Å²) in [7, 11) is -3.09. The van der Waals surface area contributed by atoms with Gasteiger partial charge in [0, 0.05) is 26.2 Å². The lowest BCUT2D eigenvalue weighted by Gasteiger charge is -2.34. The molecule has 7 nitrogen and oxygen atoms in total. The number of nitrogen functional groups attached to an aromatic ring is 1. The molecule has 0 bridgehead atoms. The highest BCUT2D eigenvalue weighted by Crippen LogP contribution is 2.16. The third-order valence-corrected chi connectivity index (χ3v) is 4.22. The Hall–Kier alpha value is -1.38. The van der Waals surface area contributed by atoms with Crippen molar-refractivity contribution in [1.82, 2.24) is 9.29 Å². The van der Waals surface area contributed by atoms with Crippen molar-refractivity contribution in [2.24, 2.45) is 5.84 Å². The van der Waals surface area contributed by atoms with Crippen LogP contribution in [0.1, 0.15) is 0 Å². The van der Waals surface area contributed by atoms with Gasteiger partial charge in [0.25, 0.3) is 0 Å². The first-order valence-electron chi connectivity index (χ1n) is 5.64. The van der Waals surface area contributed by atoms with Crippen LogP contribution in [0.25, 0.3) is 0 Å². The van der Waals surface area contributed by atoms with Gasteiger partial charge in [-0.2, -0.15) is 4.31 Å². The fraction of sp³-hybridized carbons (Fsp3) is 0.500. The van der Waals surface area contributed by atoms with Gasteiger partial charge in [0.1, 0.15) is 11.6 Å². The number of nitrogens with two attached hydrogens (primary N) is 1. The highest BCUT2D eigenvalue weighted by atomic mass is 32.2. The smallest absolute Gasteiger partial charge is 0.211 e. The van der Waals surface area contributed by atoms with Crippen molar-refractivity contribution in [3.63, 3.8) is 0 Å². The van der Waals surface area contributed by atoms with Crippen molar-refractivity contribution in [2.75, 3.05) is 42.8 Å². The van der Waals surface area contributed by atoms with Gasteiger partial charge in [-0.3, -0.25) is 0 Å². The van der Waals surface area contributed by atoms with Crippen LogP contribution < -0.4 is 16.2 Å². The molecule has 2 rings (SSSR count). The Balaban J connectivity index is 2.05. The Morgan fingerprint density at radius 1 is 1.28 bits per heavy atom. The van der Waals surface area contributed by atoms with Crippen LogP contribution in [-0.4, -0.2) is 50.1 Å². The number of hydrazine groups is 1. The molecule has 1 aliphatic heterocycles. The summed E-state index contributed by atoms with van der Waals surface area (Å²) in [6, 6.07) is 5.52. The predicted molar refractivity (Wildman–Crippen MR) is 70.7 cm³/mol. The van der Waals surface area contributed by atoms with E-state index in [1.165, 1.54) is 10.6 Å². The minimum atomic E-state index is -3.09. The molecule has 0 spiro atoms. The van der Waals surface area contributed by atoms with Gasteiger partial charge in [0.15, 0.2) is 0 Å². The highest BCUT2D eigenvalue weighted by molar-refractivity contribution is 7.88. The Morgan fingerprint density at radius 2 is 1.94 bits per heavy atom. The molecule has 1 saturated heterocycles. The number of piperazine rings is 1. The topological polar surface area (TPSA) is 91.6 Å². The van der Waals surface area contributed by atoms with Gasteiger partial charge in [-0.15, -0.1) is 0 Å². The molecule has 3 N–H and O–H groups in total. The number of aromatic nitrogens is 1. The monoisotopic (exact) mass is 271 g/mol. The van der Waals surface area contributed by atoms with Gasteiger partial charge in [0.05, 0.1) is 6.26 Å². The first kappa shape index (κ1) is 13.1. The third kappa shape index (κ3) is 2.89. The summed E-state index contributed by atoms with van der Waals surface area (Å²) < 4.78 is 24.3. The van der Waals surface area contributed by atoms with Crippen LogP contribution in [0.15, 0.2) is 18.2 Å². The van der Waals surface area contributed by atoms with Crippen molar-refractivity contribution in [3.8, 4) is 0 Å². The predicted octanol–water partition coefficient (Wildman–Crippen LogP) is -0.551. The first-order chi connectivity index (χ1) is 8.50. The lowest BCUT2D eigenvalue weighted by Crippen LogP contribution is -2.48. The summed E-state index contributed by atoms with van der Waals surface area (Å²) in [5, 5.41) is 0. The molecule has 1 aromatic rings. The van der Waals surface area contributed by atoms with Crippen LogP contribution in [0.4, 0.5) is 11.6 Å². The molecule has 100 valence electrons. The summed E-state index contributed by atoms with van der Waals surface area (Å²) in [6.07, 6.45) is 1.24. The number of nitrogens with one attached hydrogen (secondary N) is 1. The number of hydrogen-bond donors (Lipinski definition) is 2. The van der Waals surface area contributed by atoms with Crippen LogP contribution >= 0.6 is 0 Å². The third-order valence-electron chi connectivity index (χ3n) is 2.91. The summed E-state index contributed by atoms with van der Waals surface area (Å²) >= 11 is 0. The molecule has 0 amide bonds. The summed E-state index contributed by atoms with van der Waals surface area (Å²) in [5.41, 5.74) is 2.50. The second-order valence-corrected chi connectivity index (χ2v) is 6.16. The largest absolute Gasteiger partial charge is 0.354 e. The van der Waals surface area contributed by atoms with E-state index in [4.69, 9.17) is 5.84 Å². The van der Waals surface area contributed by atoms with Crippen molar-refractivity contribution >= 4 is 21.7 Å². The molecule has 1 fully saturated rings. The van der Waals surface area contributed by atoms with Gasteiger partial charge in [-0.1, -0.05) is 6.07 Å². The highest BCUT2D eigenvalue weighted by Gasteiger charge is 2.23. The maximum absolute atomic E-state index is 11.4. The van der Waals surface area contributed by atoms with Crippen molar-refractivity contribution in [2.45, 2.75) is 0 Å². The van der Waals surface area contributed by atoms with Crippen LogP contribution in [0, 0.1) is 0 Å². The van der Waals surface area contributed by atoms with E-state index < -0.39 is 10.0 Å². The Labute approximate surface area is 107 Å². The molecule has 2 heterocycles. The fourth-order valence-corrected chi connectivity index (χ4v) is 2.76. The number of nitrogens with zero attached hydrogens (tertiary/aromatic N) is 3. The summed E-state index contributed by atoms with van der Waals surface area (Å²) in [5.74, 6) is 6.71. The molecule has 0 unspecified atom stereocenters. The lowest BCUT2D eigenvalue weighted by molar-refractivity contribution is 0.387. The number of rotatable bonds is 3. The Morgan fingerprint density at radius 3 is 2.50 bits per heavy atom. The zero-order chi connectivity index (χ0) is 13.2. The van der Waals surface area contributed by atoms with Crippen LogP contribution in [0.2, 0.25) is 0 Å². The second kappa shape index (κ2) is 5.09. The van der Waals surface area contributed by atoms with E-state index in [2.05, 4.69) is 10.4 Å². The lowest BCUT2D eigenvalue weighted by atomic mass is 10.3. The number of anilines is 2. The summed E-state index contributed by atoms with van der Waals surface area (Å²) in [4.78, 5) is 6.37. The molecule has 0 aromatic carbocycles. The molecule has 1 aliphatic rings. The Kier molecular flexibility index (Phi) is 3.69. The SMILES string of the molecule is CS(=O)(=O)N1CCN(c2cccc(NN)n2)CC1. The molecule has 0 aliphatic carbocycles. The van der Waals surface area contributed by atoms with Gasteiger partial charge in [-0.25, -0.2) is 19.2 Å². The molecule has 0 atom stereocenters. The molecular formula is C10H17N5O2S. The molecular weight excluding hydrogens is 254 g/mol. The van der Waals surface area contributed by atoms with Crippen molar-refractivity contribution in [3.05, 3.63) is 18.2 Å². The van der Waals surface area contributed by atoms with E-state index in [1.807, 2.05) is 17.0 Å².